The maximum absolute atomic E-state index is 6.29. The Morgan fingerprint density at radius 3 is 2.62 bits per heavy atom. The largest absolute Gasteiger partial charge is 0.338 e. The van der Waals surface area contributed by atoms with E-state index in [2.05, 4.69) is 20.4 Å². The monoisotopic (exact) mass is 383 g/mol. The average molecular weight is 384 g/mol. The number of aromatic nitrogens is 4. The fraction of sp³-hybridized carbons (Fsp3) is 0.105. The Kier molecular flexibility index (Phi) is 4.49. The number of nitrogens with zero attached hydrogens (tertiary/aromatic N) is 4. The van der Waals surface area contributed by atoms with Crippen LogP contribution in [0.1, 0.15) is 12.7 Å². The Balaban J connectivity index is 1.87. The number of benzene rings is 2. The van der Waals surface area contributed by atoms with E-state index in [4.69, 9.17) is 23.2 Å². The van der Waals surface area contributed by atoms with Crippen molar-refractivity contribution in [3.8, 4) is 5.69 Å². The maximum Gasteiger partial charge on any atom is 0.168 e. The molecule has 130 valence electrons. The molecule has 2 heterocycles. The number of nitrogens with one attached hydrogen (secondary N) is 1. The van der Waals surface area contributed by atoms with Gasteiger partial charge in [0.15, 0.2) is 5.65 Å². The molecule has 0 aliphatic carbocycles. The number of para-hydroxylation sites is 1. The lowest BCUT2D eigenvalue weighted by Crippen LogP contribution is -2.03. The number of hydrogen-bond acceptors (Lipinski definition) is 4. The second-order valence-electron chi connectivity index (χ2n) is 5.72. The van der Waals surface area contributed by atoms with Gasteiger partial charge in [0.05, 0.1) is 28.0 Å². The third kappa shape index (κ3) is 3.11. The lowest BCUT2D eigenvalue weighted by molar-refractivity contribution is 0.878. The van der Waals surface area contributed by atoms with Crippen LogP contribution in [-0.2, 0) is 6.42 Å². The minimum Gasteiger partial charge on any atom is -0.338 e. The molecule has 0 amide bonds. The first-order valence-corrected chi connectivity index (χ1v) is 8.93. The molecule has 26 heavy (non-hydrogen) atoms. The fourth-order valence-corrected chi connectivity index (χ4v) is 3.02. The van der Waals surface area contributed by atoms with Crippen molar-refractivity contribution in [1.82, 2.24) is 19.7 Å². The first kappa shape index (κ1) is 16.8. The molecule has 7 heteroatoms. The Morgan fingerprint density at radius 2 is 1.85 bits per heavy atom. The predicted octanol–water partition coefficient (Wildman–Crippen LogP) is 5.43. The highest BCUT2D eigenvalue weighted by Crippen LogP contribution is 2.31. The third-order valence-corrected chi connectivity index (χ3v) is 4.54. The van der Waals surface area contributed by atoms with Gasteiger partial charge in [-0.3, -0.25) is 0 Å². The van der Waals surface area contributed by atoms with E-state index in [-0.39, 0.29) is 0 Å². The topological polar surface area (TPSA) is 55.6 Å². The van der Waals surface area contributed by atoms with Crippen LogP contribution in [0.25, 0.3) is 16.7 Å². The van der Waals surface area contributed by atoms with E-state index in [9.17, 15) is 0 Å². The minimum absolute atomic E-state index is 0.565. The van der Waals surface area contributed by atoms with E-state index in [0.29, 0.717) is 28.0 Å². The number of aryl methyl sites for hydroxylation is 1. The predicted molar refractivity (Wildman–Crippen MR) is 106 cm³/mol. The zero-order chi connectivity index (χ0) is 18.1. The van der Waals surface area contributed by atoms with E-state index in [1.54, 1.807) is 29.1 Å². The maximum atomic E-state index is 6.29. The normalized spacial score (nSPS) is 11.0. The summed E-state index contributed by atoms with van der Waals surface area (Å²) < 4.78 is 1.81. The van der Waals surface area contributed by atoms with E-state index in [1.807, 2.05) is 37.3 Å². The molecule has 0 atom stereocenters. The molecule has 0 saturated heterocycles. The molecule has 5 nitrogen and oxygen atoms in total. The number of anilines is 2. The van der Waals surface area contributed by atoms with Crippen LogP contribution in [0.15, 0.2) is 54.7 Å². The Hall–Kier alpha value is -2.63. The Labute approximate surface area is 160 Å². The Bertz CT molecular complexity index is 1080. The van der Waals surface area contributed by atoms with Crippen LogP contribution in [0.4, 0.5) is 11.5 Å². The summed E-state index contributed by atoms with van der Waals surface area (Å²) in [6, 6.07) is 15.1. The van der Waals surface area contributed by atoms with Gasteiger partial charge in [-0.25, -0.2) is 14.6 Å². The summed E-state index contributed by atoms with van der Waals surface area (Å²) in [5.41, 5.74) is 2.37. The van der Waals surface area contributed by atoms with Crippen LogP contribution >= 0.6 is 23.2 Å². The molecule has 0 unspecified atom stereocenters. The van der Waals surface area contributed by atoms with E-state index in [0.717, 1.165) is 22.5 Å². The van der Waals surface area contributed by atoms with Crippen LogP contribution in [0, 0.1) is 0 Å². The fourth-order valence-electron chi connectivity index (χ4n) is 2.69. The van der Waals surface area contributed by atoms with Gasteiger partial charge in [-0.2, -0.15) is 5.10 Å². The Morgan fingerprint density at radius 1 is 1.04 bits per heavy atom. The molecule has 0 radical (unpaired) electrons. The summed E-state index contributed by atoms with van der Waals surface area (Å²) in [7, 11) is 0. The molecule has 2 aromatic heterocycles. The summed E-state index contributed by atoms with van der Waals surface area (Å²) in [5, 5.41) is 9.74. The average Bonchev–Trinajstić information content (AvgIpc) is 3.09. The third-order valence-electron chi connectivity index (χ3n) is 3.97. The van der Waals surface area contributed by atoms with Crippen molar-refractivity contribution in [3.63, 3.8) is 0 Å². The number of hydrogen-bond donors (Lipinski definition) is 1. The van der Waals surface area contributed by atoms with E-state index < -0.39 is 0 Å². The number of halogens is 2. The minimum atomic E-state index is 0.565. The van der Waals surface area contributed by atoms with Crippen molar-refractivity contribution in [2.75, 3.05) is 5.32 Å². The molecule has 0 bridgehead atoms. The first-order valence-electron chi connectivity index (χ1n) is 8.18. The van der Waals surface area contributed by atoms with Crippen molar-refractivity contribution in [3.05, 3.63) is 70.6 Å². The van der Waals surface area contributed by atoms with Gasteiger partial charge in [-0.15, -0.1) is 0 Å². The summed E-state index contributed by atoms with van der Waals surface area (Å²) >= 11 is 12.4. The lowest BCUT2D eigenvalue weighted by atomic mass is 10.3. The summed E-state index contributed by atoms with van der Waals surface area (Å²) in [4.78, 5) is 9.28. The van der Waals surface area contributed by atoms with Gasteiger partial charge in [0.2, 0.25) is 0 Å². The lowest BCUT2D eigenvalue weighted by Gasteiger charge is -2.11. The molecule has 4 rings (SSSR count). The molecule has 0 spiro atoms. The molecule has 2 aromatic carbocycles. The van der Waals surface area contributed by atoms with Crippen molar-refractivity contribution < 1.29 is 0 Å². The highest BCUT2D eigenvalue weighted by atomic mass is 35.5. The van der Waals surface area contributed by atoms with Gasteiger partial charge < -0.3 is 5.32 Å². The van der Waals surface area contributed by atoms with Crippen LogP contribution in [-0.4, -0.2) is 19.7 Å². The molecule has 0 aliphatic rings. The molecular formula is C19H15Cl2N5. The number of fused-ring (bicyclic) bond motifs is 1. The summed E-state index contributed by atoms with van der Waals surface area (Å²) in [6.45, 7) is 2.01. The zero-order valence-corrected chi connectivity index (χ0v) is 15.5. The second-order valence-corrected chi connectivity index (χ2v) is 6.56. The highest BCUT2D eigenvalue weighted by Gasteiger charge is 2.14. The van der Waals surface area contributed by atoms with Crippen LogP contribution in [0.3, 0.4) is 0 Å². The van der Waals surface area contributed by atoms with Gasteiger partial charge >= 0.3 is 0 Å². The summed E-state index contributed by atoms with van der Waals surface area (Å²) in [6.07, 6.45) is 2.45. The van der Waals surface area contributed by atoms with Gasteiger partial charge in [0.1, 0.15) is 11.6 Å². The number of rotatable bonds is 4. The molecule has 0 fully saturated rings. The van der Waals surface area contributed by atoms with Crippen LogP contribution in [0.5, 0.6) is 0 Å². The first-order chi connectivity index (χ1) is 12.7. The zero-order valence-electron chi connectivity index (χ0n) is 13.9. The van der Waals surface area contributed by atoms with E-state index >= 15 is 0 Å². The van der Waals surface area contributed by atoms with Gasteiger partial charge in [0.25, 0.3) is 0 Å². The van der Waals surface area contributed by atoms with E-state index in [1.165, 1.54) is 0 Å². The SMILES string of the molecule is CCc1nc(Nc2cc(Cl)ccc2Cl)c2cnn(-c3ccccc3)c2n1. The molecule has 4 aromatic rings. The standard InChI is InChI=1S/C19H15Cl2N5/c1-2-17-24-18(23-16-10-12(20)8-9-15(16)21)14-11-22-26(19(14)25-17)13-6-4-3-5-7-13/h3-11H,2H2,1H3,(H,23,24,25). The van der Waals surface area contributed by atoms with Gasteiger partial charge in [0, 0.05) is 11.4 Å². The molecular weight excluding hydrogens is 369 g/mol. The van der Waals surface area contributed by atoms with Crippen LogP contribution in [0.2, 0.25) is 10.0 Å². The summed E-state index contributed by atoms with van der Waals surface area (Å²) in [5.74, 6) is 1.37. The van der Waals surface area contributed by atoms with Crippen molar-refractivity contribution in [2.24, 2.45) is 0 Å². The quantitative estimate of drug-likeness (QED) is 0.510. The molecule has 1 N–H and O–H groups in total. The van der Waals surface area contributed by atoms with Crippen LogP contribution < -0.4 is 5.32 Å². The molecule has 0 saturated carbocycles. The van der Waals surface area contributed by atoms with Gasteiger partial charge in [-0.05, 0) is 30.3 Å². The second kappa shape index (κ2) is 6.94. The smallest absolute Gasteiger partial charge is 0.168 e. The van der Waals surface area contributed by atoms with Crippen molar-refractivity contribution in [1.29, 1.82) is 0 Å². The van der Waals surface area contributed by atoms with Crippen molar-refractivity contribution >= 4 is 45.7 Å². The molecule has 0 aliphatic heterocycles. The highest BCUT2D eigenvalue weighted by molar-refractivity contribution is 6.35. The van der Waals surface area contributed by atoms with Gasteiger partial charge in [-0.1, -0.05) is 48.3 Å². The van der Waals surface area contributed by atoms with Crippen molar-refractivity contribution in [2.45, 2.75) is 13.3 Å².